The Balaban J connectivity index is 2.35. The third kappa shape index (κ3) is 2.01. The minimum absolute atomic E-state index is 0.186. The van der Waals surface area contributed by atoms with Crippen LogP contribution in [0.2, 0.25) is 0 Å². The zero-order chi connectivity index (χ0) is 9.19. The van der Waals surface area contributed by atoms with Gasteiger partial charge in [-0.15, -0.1) is 0 Å². The van der Waals surface area contributed by atoms with Crippen LogP contribution in [0, 0.1) is 16.2 Å². The monoisotopic (exact) mass is 229 g/mol. The third-order valence-electron chi connectivity index (χ3n) is 2.63. The van der Waals surface area contributed by atoms with Crippen molar-refractivity contribution >= 4 is 21.8 Å². The van der Waals surface area contributed by atoms with E-state index in [1.54, 1.807) is 0 Å². The number of hydrogen-bond donors (Lipinski definition) is 1. The Labute approximate surface area is 81.2 Å². The third-order valence-corrected chi connectivity index (χ3v) is 2.82. The summed E-state index contributed by atoms with van der Waals surface area (Å²) in [7, 11) is 0. The largest absolute Gasteiger partial charge is 0.342 e. The normalized spacial score (nSPS) is 31.8. The standard InChI is InChI=1S/C9H12BrNO/c1-3-9(2)6-7(9)11-8(12)4-5-10/h7H,3,6H2,1-2H3,(H,11,12). The van der Waals surface area contributed by atoms with Gasteiger partial charge in [0.25, 0.3) is 5.91 Å². The first-order valence-electron chi connectivity index (χ1n) is 4.04. The molecule has 0 aromatic heterocycles. The minimum Gasteiger partial charge on any atom is -0.342 e. The first-order valence-corrected chi connectivity index (χ1v) is 4.84. The molecule has 2 unspecified atom stereocenters. The first kappa shape index (κ1) is 9.60. The van der Waals surface area contributed by atoms with Crippen LogP contribution in [0.3, 0.4) is 0 Å². The van der Waals surface area contributed by atoms with Gasteiger partial charge in [-0.2, -0.15) is 0 Å². The number of halogens is 1. The number of amides is 1. The SMILES string of the molecule is CCC1(C)CC1NC(=O)C#CBr. The van der Waals surface area contributed by atoms with Crippen LogP contribution in [-0.4, -0.2) is 11.9 Å². The topological polar surface area (TPSA) is 29.1 Å². The Morgan fingerprint density at radius 3 is 2.92 bits per heavy atom. The van der Waals surface area contributed by atoms with E-state index in [4.69, 9.17) is 0 Å². The summed E-state index contributed by atoms with van der Waals surface area (Å²) in [6.07, 6.45) is 2.19. The molecule has 1 aliphatic carbocycles. The molecule has 0 saturated heterocycles. The van der Waals surface area contributed by atoms with Crippen LogP contribution in [0.15, 0.2) is 0 Å². The van der Waals surface area contributed by atoms with Gasteiger partial charge < -0.3 is 5.32 Å². The van der Waals surface area contributed by atoms with Crippen LogP contribution in [0.4, 0.5) is 0 Å². The van der Waals surface area contributed by atoms with Gasteiger partial charge in [0.1, 0.15) is 0 Å². The molecule has 0 heterocycles. The molecular formula is C9H12BrNO. The highest BCUT2D eigenvalue weighted by molar-refractivity contribution is 9.12. The molecule has 0 bridgehead atoms. The van der Waals surface area contributed by atoms with Gasteiger partial charge in [-0.05, 0) is 23.1 Å². The van der Waals surface area contributed by atoms with Gasteiger partial charge in [0, 0.05) is 27.9 Å². The smallest absolute Gasteiger partial charge is 0.296 e. The second-order valence-electron chi connectivity index (χ2n) is 3.46. The lowest BCUT2D eigenvalue weighted by Gasteiger charge is -2.06. The maximum atomic E-state index is 11.0. The van der Waals surface area contributed by atoms with Gasteiger partial charge in [-0.1, -0.05) is 13.8 Å². The molecule has 1 rings (SSSR count). The summed E-state index contributed by atoms with van der Waals surface area (Å²) in [6.45, 7) is 4.32. The first-order chi connectivity index (χ1) is 5.62. The van der Waals surface area contributed by atoms with Crippen molar-refractivity contribution in [2.75, 3.05) is 0 Å². The van der Waals surface area contributed by atoms with Crippen molar-refractivity contribution in [1.29, 1.82) is 0 Å². The van der Waals surface area contributed by atoms with Crippen LogP contribution in [0.25, 0.3) is 0 Å². The molecule has 2 atom stereocenters. The molecule has 0 aromatic rings. The van der Waals surface area contributed by atoms with Crippen LogP contribution < -0.4 is 5.32 Å². The summed E-state index contributed by atoms with van der Waals surface area (Å²) in [6, 6.07) is 0.336. The predicted octanol–water partition coefficient (Wildman–Crippen LogP) is 1.65. The average Bonchev–Trinajstić information content (AvgIpc) is 2.63. The lowest BCUT2D eigenvalue weighted by atomic mass is 10.1. The number of rotatable bonds is 2. The number of carbonyl (C=O) groups excluding carboxylic acids is 1. The Hall–Kier alpha value is -0.490. The van der Waals surface area contributed by atoms with Crippen molar-refractivity contribution < 1.29 is 4.79 Å². The van der Waals surface area contributed by atoms with E-state index in [2.05, 4.69) is 45.8 Å². The van der Waals surface area contributed by atoms with Crippen molar-refractivity contribution in [3.63, 3.8) is 0 Å². The molecular weight excluding hydrogens is 218 g/mol. The van der Waals surface area contributed by atoms with E-state index in [9.17, 15) is 4.79 Å². The van der Waals surface area contributed by atoms with Gasteiger partial charge in [-0.25, -0.2) is 0 Å². The van der Waals surface area contributed by atoms with E-state index in [1.807, 2.05) is 0 Å². The van der Waals surface area contributed by atoms with Crippen molar-refractivity contribution in [2.45, 2.75) is 32.7 Å². The zero-order valence-electron chi connectivity index (χ0n) is 7.28. The highest BCUT2D eigenvalue weighted by Crippen LogP contribution is 2.48. The predicted molar refractivity (Wildman–Crippen MR) is 51.6 cm³/mol. The van der Waals surface area contributed by atoms with Crippen LogP contribution in [-0.2, 0) is 4.79 Å². The molecule has 1 aliphatic rings. The Morgan fingerprint density at radius 1 is 1.83 bits per heavy atom. The number of carbonyl (C=O) groups is 1. The molecule has 1 N–H and O–H groups in total. The Kier molecular flexibility index (Phi) is 2.79. The number of hydrogen-bond acceptors (Lipinski definition) is 1. The van der Waals surface area contributed by atoms with E-state index < -0.39 is 0 Å². The summed E-state index contributed by atoms with van der Waals surface area (Å²) in [4.78, 5) is 13.4. The van der Waals surface area contributed by atoms with Gasteiger partial charge in [0.15, 0.2) is 0 Å². The molecule has 0 radical (unpaired) electrons. The van der Waals surface area contributed by atoms with E-state index >= 15 is 0 Å². The minimum atomic E-state index is -0.186. The fraction of sp³-hybridized carbons (Fsp3) is 0.667. The molecule has 66 valence electrons. The van der Waals surface area contributed by atoms with Crippen LogP contribution >= 0.6 is 15.9 Å². The quantitative estimate of drug-likeness (QED) is 0.718. The molecule has 2 nitrogen and oxygen atoms in total. The van der Waals surface area contributed by atoms with Crippen LogP contribution in [0.5, 0.6) is 0 Å². The summed E-state index contributed by atoms with van der Waals surface area (Å²) in [5, 5.41) is 2.85. The summed E-state index contributed by atoms with van der Waals surface area (Å²) in [5.74, 6) is 2.21. The Bertz CT molecular complexity index is 253. The maximum Gasteiger partial charge on any atom is 0.296 e. The van der Waals surface area contributed by atoms with Gasteiger partial charge >= 0.3 is 0 Å². The van der Waals surface area contributed by atoms with Crippen molar-refractivity contribution in [1.82, 2.24) is 5.32 Å². The van der Waals surface area contributed by atoms with E-state index in [-0.39, 0.29) is 5.91 Å². The fourth-order valence-corrected chi connectivity index (χ4v) is 1.44. The summed E-state index contributed by atoms with van der Waals surface area (Å²) in [5.41, 5.74) is 0.323. The molecule has 1 fully saturated rings. The van der Waals surface area contributed by atoms with Crippen molar-refractivity contribution in [3.8, 4) is 10.8 Å². The van der Waals surface area contributed by atoms with Gasteiger partial charge in [0.2, 0.25) is 0 Å². The Morgan fingerprint density at radius 2 is 2.50 bits per heavy atom. The lowest BCUT2D eigenvalue weighted by Crippen LogP contribution is -2.27. The summed E-state index contributed by atoms with van der Waals surface area (Å²) >= 11 is 2.88. The van der Waals surface area contributed by atoms with Gasteiger partial charge in [-0.3, -0.25) is 4.79 Å². The highest BCUT2D eigenvalue weighted by Gasteiger charge is 2.48. The van der Waals surface area contributed by atoms with Crippen molar-refractivity contribution in [3.05, 3.63) is 0 Å². The molecule has 3 heteroatoms. The molecule has 0 spiro atoms. The van der Waals surface area contributed by atoms with Gasteiger partial charge in [0.05, 0.1) is 0 Å². The van der Waals surface area contributed by atoms with Crippen LogP contribution in [0.1, 0.15) is 26.7 Å². The molecule has 1 saturated carbocycles. The number of nitrogens with one attached hydrogen (secondary N) is 1. The fourth-order valence-electron chi connectivity index (χ4n) is 1.26. The second kappa shape index (κ2) is 3.49. The molecule has 12 heavy (non-hydrogen) atoms. The van der Waals surface area contributed by atoms with E-state index in [0.717, 1.165) is 12.8 Å². The van der Waals surface area contributed by atoms with E-state index in [0.29, 0.717) is 11.5 Å². The molecule has 0 aliphatic heterocycles. The highest BCUT2D eigenvalue weighted by atomic mass is 79.9. The molecule has 1 amide bonds. The average molecular weight is 230 g/mol. The second-order valence-corrected chi connectivity index (χ2v) is 3.85. The van der Waals surface area contributed by atoms with E-state index in [1.165, 1.54) is 0 Å². The lowest BCUT2D eigenvalue weighted by molar-refractivity contribution is -0.116. The molecule has 0 aromatic carbocycles. The summed E-state index contributed by atoms with van der Waals surface area (Å²) < 4.78 is 0. The maximum absolute atomic E-state index is 11.0. The zero-order valence-corrected chi connectivity index (χ0v) is 8.86. The van der Waals surface area contributed by atoms with Crippen molar-refractivity contribution in [2.24, 2.45) is 5.41 Å².